The topological polar surface area (TPSA) is 58.1 Å². The van der Waals surface area contributed by atoms with Crippen LogP contribution >= 0.6 is 35.3 Å². The summed E-state index contributed by atoms with van der Waals surface area (Å²) >= 11 is 1.82. The van der Waals surface area contributed by atoms with E-state index in [1.807, 2.05) is 36.5 Å². The van der Waals surface area contributed by atoms with Crippen LogP contribution in [0.3, 0.4) is 0 Å². The number of aliphatic imine (C=N–C) groups is 1. The molecule has 1 saturated heterocycles. The number of ether oxygens (including phenoxy) is 2. The number of hydrogen-bond acceptors (Lipinski definition) is 5. The Kier molecular flexibility index (Phi) is 10.6. The molecule has 1 aliphatic rings. The highest BCUT2D eigenvalue weighted by Gasteiger charge is 2.20. The van der Waals surface area contributed by atoms with Crippen molar-refractivity contribution in [2.24, 2.45) is 4.99 Å². The first-order valence-electron chi connectivity index (χ1n) is 10.4. The largest absolute Gasteiger partial charge is 0.493 e. The highest BCUT2D eigenvalue weighted by Crippen LogP contribution is 2.28. The van der Waals surface area contributed by atoms with Crippen LogP contribution in [0, 0.1) is 0 Å². The van der Waals surface area contributed by atoms with Crippen LogP contribution in [0.15, 0.2) is 40.7 Å². The normalized spacial score (nSPS) is 14.8. The molecule has 6 nitrogen and oxygen atoms in total. The Morgan fingerprint density at radius 3 is 2.63 bits per heavy atom. The average Bonchev–Trinajstić information content (AvgIpc) is 3.28. The van der Waals surface area contributed by atoms with E-state index in [4.69, 9.17) is 14.5 Å². The molecule has 3 rings (SSSR count). The van der Waals surface area contributed by atoms with Gasteiger partial charge in [-0.05, 0) is 61.9 Å². The van der Waals surface area contributed by atoms with Gasteiger partial charge in [-0.1, -0.05) is 6.07 Å². The summed E-state index contributed by atoms with van der Waals surface area (Å²) in [5.41, 5.74) is 1.10. The van der Waals surface area contributed by atoms with Gasteiger partial charge in [0, 0.05) is 25.7 Å². The molecular weight excluding hydrogens is 511 g/mol. The summed E-state index contributed by atoms with van der Waals surface area (Å²) < 4.78 is 11.0. The van der Waals surface area contributed by atoms with Gasteiger partial charge in [-0.2, -0.15) is 0 Å². The number of guanidine groups is 1. The number of piperidine rings is 1. The number of nitrogens with one attached hydrogen (secondary N) is 2. The molecule has 0 saturated carbocycles. The number of anilines is 1. The van der Waals surface area contributed by atoms with Crippen molar-refractivity contribution in [2.45, 2.75) is 39.3 Å². The van der Waals surface area contributed by atoms with Gasteiger partial charge in [0.25, 0.3) is 0 Å². The molecule has 0 spiro atoms. The van der Waals surface area contributed by atoms with Crippen molar-refractivity contribution in [3.63, 3.8) is 0 Å². The first-order chi connectivity index (χ1) is 14.2. The standard InChI is InChI=1S/C22H32N4O2S.HI/c1-4-23-22(24-16-17-8-9-19(27-3)20(15-17)28-5-2)25-18-10-12-26(13-11-18)21-7-6-14-29-21;/h6-9,14-15,18H,4-5,10-13,16H2,1-3H3,(H2,23,24,25);1H. The molecule has 0 amide bonds. The Hall–Kier alpha value is -1.68. The lowest BCUT2D eigenvalue weighted by Crippen LogP contribution is -2.48. The molecule has 1 fully saturated rings. The number of methoxy groups -OCH3 is 1. The maximum atomic E-state index is 5.68. The van der Waals surface area contributed by atoms with Crippen LogP contribution in [0.5, 0.6) is 11.5 Å². The summed E-state index contributed by atoms with van der Waals surface area (Å²) in [5.74, 6) is 2.39. The second kappa shape index (κ2) is 12.9. The van der Waals surface area contributed by atoms with Crippen LogP contribution in [0.25, 0.3) is 0 Å². The number of nitrogens with zero attached hydrogens (tertiary/aromatic N) is 2. The smallest absolute Gasteiger partial charge is 0.191 e. The van der Waals surface area contributed by atoms with Crippen molar-refractivity contribution in [3.05, 3.63) is 41.3 Å². The Morgan fingerprint density at radius 1 is 1.20 bits per heavy atom. The Bertz CT molecular complexity index is 777. The first-order valence-corrected chi connectivity index (χ1v) is 11.2. The second-order valence-electron chi connectivity index (χ2n) is 6.97. The van der Waals surface area contributed by atoms with Crippen LogP contribution in [-0.4, -0.2) is 45.4 Å². The van der Waals surface area contributed by atoms with Crippen molar-refractivity contribution < 1.29 is 9.47 Å². The minimum atomic E-state index is 0. The molecule has 0 bridgehead atoms. The van der Waals surface area contributed by atoms with Crippen molar-refractivity contribution in [1.29, 1.82) is 0 Å². The van der Waals surface area contributed by atoms with Crippen molar-refractivity contribution in [2.75, 3.05) is 38.3 Å². The highest BCUT2D eigenvalue weighted by atomic mass is 127. The summed E-state index contributed by atoms with van der Waals surface area (Å²) in [4.78, 5) is 7.26. The summed E-state index contributed by atoms with van der Waals surface area (Å²) in [7, 11) is 1.66. The molecule has 2 aromatic rings. The molecule has 1 aliphatic heterocycles. The predicted molar refractivity (Wildman–Crippen MR) is 137 cm³/mol. The lowest BCUT2D eigenvalue weighted by molar-refractivity contribution is 0.310. The number of thiophene rings is 1. The van der Waals surface area contributed by atoms with E-state index in [0.29, 0.717) is 19.2 Å². The van der Waals surface area contributed by atoms with Crippen molar-refractivity contribution in [1.82, 2.24) is 10.6 Å². The molecule has 0 atom stereocenters. The Labute approximate surface area is 201 Å². The molecule has 166 valence electrons. The van der Waals surface area contributed by atoms with E-state index in [1.54, 1.807) is 7.11 Å². The third-order valence-corrected chi connectivity index (χ3v) is 5.87. The van der Waals surface area contributed by atoms with Gasteiger partial charge in [-0.3, -0.25) is 0 Å². The van der Waals surface area contributed by atoms with Gasteiger partial charge in [-0.25, -0.2) is 4.99 Å². The molecule has 1 aromatic heterocycles. The average molecular weight is 545 g/mol. The van der Waals surface area contributed by atoms with Crippen LogP contribution in [0.1, 0.15) is 32.3 Å². The number of halogens is 1. The maximum absolute atomic E-state index is 5.68. The third kappa shape index (κ3) is 6.94. The molecular formula is C22H33IN4O2S. The van der Waals surface area contributed by atoms with Crippen LogP contribution in [0.2, 0.25) is 0 Å². The molecule has 0 unspecified atom stereocenters. The highest BCUT2D eigenvalue weighted by molar-refractivity contribution is 14.0. The molecule has 0 radical (unpaired) electrons. The van der Waals surface area contributed by atoms with E-state index in [1.165, 1.54) is 5.00 Å². The molecule has 30 heavy (non-hydrogen) atoms. The fourth-order valence-electron chi connectivity index (χ4n) is 3.47. The predicted octanol–water partition coefficient (Wildman–Crippen LogP) is 4.50. The van der Waals surface area contributed by atoms with E-state index in [-0.39, 0.29) is 24.0 Å². The number of benzene rings is 1. The monoisotopic (exact) mass is 544 g/mol. The van der Waals surface area contributed by atoms with Crippen LogP contribution in [0.4, 0.5) is 5.00 Å². The van der Waals surface area contributed by atoms with Gasteiger partial charge in [0.15, 0.2) is 17.5 Å². The van der Waals surface area contributed by atoms with Gasteiger partial charge < -0.3 is 25.0 Å². The Morgan fingerprint density at radius 2 is 2.00 bits per heavy atom. The minimum absolute atomic E-state index is 0. The zero-order chi connectivity index (χ0) is 20.5. The molecule has 2 N–H and O–H groups in total. The van der Waals surface area contributed by atoms with Crippen LogP contribution < -0.4 is 25.0 Å². The van der Waals surface area contributed by atoms with Crippen LogP contribution in [-0.2, 0) is 6.54 Å². The zero-order valence-electron chi connectivity index (χ0n) is 18.0. The SMILES string of the molecule is CCNC(=NCc1ccc(OC)c(OCC)c1)NC1CCN(c2cccs2)CC1.I. The van der Waals surface area contributed by atoms with E-state index in [2.05, 4.69) is 40.0 Å². The minimum Gasteiger partial charge on any atom is -0.493 e. The number of rotatable bonds is 8. The van der Waals surface area contributed by atoms with E-state index in [9.17, 15) is 0 Å². The summed E-state index contributed by atoms with van der Waals surface area (Å²) in [5, 5.41) is 10.5. The second-order valence-corrected chi connectivity index (χ2v) is 7.90. The lowest BCUT2D eigenvalue weighted by Gasteiger charge is -2.33. The first kappa shape index (κ1) is 24.6. The quantitative estimate of drug-likeness (QED) is 0.291. The number of hydrogen-bond donors (Lipinski definition) is 2. The van der Waals surface area contributed by atoms with E-state index in [0.717, 1.165) is 55.5 Å². The Balaban J connectivity index is 0.00000320. The lowest BCUT2D eigenvalue weighted by atomic mass is 10.1. The third-order valence-electron chi connectivity index (χ3n) is 4.95. The molecule has 8 heteroatoms. The fraction of sp³-hybridized carbons (Fsp3) is 0.500. The molecule has 0 aliphatic carbocycles. The summed E-state index contributed by atoms with van der Waals surface area (Å²) in [6.07, 6.45) is 2.22. The van der Waals surface area contributed by atoms with Gasteiger partial charge in [0.05, 0.1) is 25.3 Å². The molecule has 1 aromatic carbocycles. The van der Waals surface area contributed by atoms with E-state index >= 15 is 0 Å². The van der Waals surface area contributed by atoms with Gasteiger partial charge in [0.1, 0.15) is 0 Å². The van der Waals surface area contributed by atoms with Crippen molar-refractivity contribution in [3.8, 4) is 11.5 Å². The van der Waals surface area contributed by atoms with Gasteiger partial charge in [0.2, 0.25) is 0 Å². The molecule has 2 heterocycles. The summed E-state index contributed by atoms with van der Waals surface area (Å²) in [6, 6.07) is 10.8. The maximum Gasteiger partial charge on any atom is 0.191 e. The van der Waals surface area contributed by atoms with Gasteiger partial charge in [-0.15, -0.1) is 35.3 Å². The van der Waals surface area contributed by atoms with Gasteiger partial charge >= 0.3 is 0 Å². The zero-order valence-corrected chi connectivity index (χ0v) is 21.2. The summed E-state index contributed by atoms with van der Waals surface area (Å²) in [6.45, 7) is 8.26. The van der Waals surface area contributed by atoms with Crippen molar-refractivity contribution >= 4 is 46.3 Å². The fourth-order valence-corrected chi connectivity index (χ4v) is 4.25. The van der Waals surface area contributed by atoms with E-state index < -0.39 is 0 Å².